The van der Waals surface area contributed by atoms with E-state index in [4.69, 9.17) is 0 Å². The highest BCUT2D eigenvalue weighted by Gasteiger charge is 2.15. The molecule has 17 heavy (non-hydrogen) atoms. The van der Waals surface area contributed by atoms with E-state index >= 15 is 0 Å². The molecule has 1 rings (SSSR count). The van der Waals surface area contributed by atoms with Crippen LogP contribution in [0.2, 0.25) is 0 Å². The first-order chi connectivity index (χ1) is 7.83. The molecule has 0 fully saturated rings. The predicted molar refractivity (Wildman–Crippen MR) is 58.5 cm³/mol. The number of Topliss-reactive ketones (excluding diaryl/α,β-unsaturated/α-hetero) is 1. The average molecular weight is 257 g/mol. The maximum absolute atomic E-state index is 11.5. The van der Waals surface area contributed by atoms with Gasteiger partial charge in [0.2, 0.25) is 0 Å². The maximum Gasteiger partial charge on any atom is 0.323 e. The minimum Gasteiger partial charge on any atom is -0.356 e. The van der Waals surface area contributed by atoms with E-state index < -0.39 is 16.0 Å². The SMILES string of the molecule is CC(=O)ONS(=O)(=O)c1ccc(C(C)=O)cc1. The molecule has 1 N–H and O–H groups in total. The minimum atomic E-state index is -3.90. The summed E-state index contributed by atoms with van der Waals surface area (Å²) in [5.74, 6) is -0.934. The number of carbonyl (C=O) groups is 2. The zero-order valence-electron chi connectivity index (χ0n) is 9.26. The molecule has 7 heteroatoms. The fraction of sp³-hybridized carbons (Fsp3) is 0.200. The highest BCUT2D eigenvalue weighted by Crippen LogP contribution is 2.10. The van der Waals surface area contributed by atoms with Crippen molar-refractivity contribution in [2.45, 2.75) is 18.7 Å². The summed E-state index contributed by atoms with van der Waals surface area (Å²) < 4.78 is 23.1. The van der Waals surface area contributed by atoms with E-state index in [1.165, 1.54) is 31.2 Å². The van der Waals surface area contributed by atoms with E-state index in [9.17, 15) is 18.0 Å². The third kappa shape index (κ3) is 3.65. The van der Waals surface area contributed by atoms with Crippen LogP contribution in [-0.4, -0.2) is 20.2 Å². The summed E-state index contributed by atoms with van der Waals surface area (Å²) in [6.07, 6.45) is 0. The summed E-state index contributed by atoms with van der Waals surface area (Å²) in [5, 5.41) is 0. The van der Waals surface area contributed by atoms with E-state index in [2.05, 4.69) is 4.84 Å². The van der Waals surface area contributed by atoms with Crippen molar-refractivity contribution in [2.75, 3.05) is 0 Å². The molecule has 0 aliphatic carbocycles. The molecule has 0 aliphatic heterocycles. The van der Waals surface area contributed by atoms with Gasteiger partial charge in [0, 0.05) is 12.5 Å². The molecule has 0 radical (unpaired) electrons. The number of sulfonamides is 1. The van der Waals surface area contributed by atoms with Crippen LogP contribution in [0.5, 0.6) is 0 Å². The fourth-order valence-corrected chi connectivity index (χ4v) is 1.85. The van der Waals surface area contributed by atoms with E-state index in [0.29, 0.717) is 5.56 Å². The molecule has 0 aliphatic rings. The van der Waals surface area contributed by atoms with Crippen molar-refractivity contribution < 1.29 is 22.8 Å². The largest absolute Gasteiger partial charge is 0.356 e. The first kappa shape index (κ1) is 13.3. The molecule has 92 valence electrons. The number of hydrogen-bond acceptors (Lipinski definition) is 5. The Labute approximate surface area is 98.6 Å². The van der Waals surface area contributed by atoms with Gasteiger partial charge in [-0.2, -0.15) is 0 Å². The summed E-state index contributed by atoms with van der Waals surface area (Å²) in [6, 6.07) is 5.26. The Kier molecular flexibility index (Phi) is 3.97. The molecule has 0 aromatic heterocycles. The van der Waals surface area contributed by atoms with Crippen molar-refractivity contribution in [3.05, 3.63) is 29.8 Å². The van der Waals surface area contributed by atoms with Gasteiger partial charge in [-0.1, -0.05) is 12.1 Å². The van der Waals surface area contributed by atoms with Crippen LogP contribution in [0.3, 0.4) is 0 Å². The number of nitrogens with one attached hydrogen (secondary N) is 1. The molecule has 0 atom stereocenters. The van der Waals surface area contributed by atoms with Crippen LogP contribution < -0.4 is 4.89 Å². The number of benzene rings is 1. The normalized spacial score (nSPS) is 10.9. The molecule has 0 amide bonds. The van der Waals surface area contributed by atoms with Crippen LogP contribution in [0, 0.1) is 0 Å². The molecule has 0 spiro atoms. The molecule has 0 bridgehead atoms. The van der Waals surface area contributed by atoms with Gasteiger partial charge in [-0.25, -0.2) is 8.42 Å². The molecule has 1 aromatic carbocycles. The van der Waals surface area contributed by atoms with Crippen LogP contribution in [0.15, 0.2) is 29.2 Å². The summed E-state index contributed by atoms with van der Waals surface area (Å²) in [6.45, 7) is 2.45. The van der Waals surface area contributed by atoms with Gasteiger partial charge in [-0.15, -0.1) is 0 Å². The molecule has 0 heterocycles. The lowest BCUT2D eigenvalue weighted by Crippen LogP contribution is -2.26. The smallest absolute Gasteiger partial charge is 0.323 e. The zero-order chi connectivity index (χ0) is 13.1. The van der Waals surface area contributed by atoms with Crippen molar-refractivity contribution in [2.24, 2.45) is 0 Å². The van der Waals surface area contributed by atoms with Crippen molar-refractivity contribution in [1.82, 2.24) is 4.89 Å². The lowest BCUT2D eigenvalue weighted by atomic mass is 10.2. The van der Waals surface area contributed by atoms with Gasteiger partial charge in [-0.05, 0) is 23.9 Å². The van der Waals surface area contributed by atoms with Crippen LogP contribution in [0.1, 0.15) is 24.2 Å². The van der Waals surface area contributed by atoms with Gasteiger partial charge < -0.3 is 4.84 Å². The van der Waals surface area contributed by atoms with Crippen molar-refractivity contribution in [3.63, 3.8) is 0 Å². The van der Waals surface area contributed by atoms with Crippen LogP contribution in [0.25, 0.3) is 0 Å². The van der Waals surface area contributed by atoms with Gasteiger partial charge in [0.15, 0.2) is 5.78 Å². The van der Waals surface area contributed by atoms with Crippen molar-refractivity contribution in [3.8, 4) is 0 Å². The standard InChI is InChI=1S/C10H11NO5S/c1-7(12)9-3-5-10(6-4-9)17(14,15)11-16-8(2)13/h3-6,11H,1-2H3. The molecular formula is C10H11NO5S. The monoisotopic (exact) mass is 257 g/mol. The Hall–Kier alpha value is -1.73. The van der Waals surface area contributed by atoms with E-state index in [0.717, 1.165) is 6.92 Å². The molecule has 0 saturated heterocycles. The molecule has 1 aromatic rings. The Balaban J connectivity index is 2.92. The minimum absolute atomic E-state index is 0.0937. The van der Waals surface area contributed by atoms with Crippen molar-refractivity contribution >= 4 is 21.8 Å². The van der Waals surface area contributed by atoms with Gasteiger partial charge in [-0.3, -0.25) is 9.59 Å². The number of ketones is 1. The average Bonchev–Trinajstić information content (AvgIpc) is 2.27. The van der Waals surface area contributed by atoms with Crippen molar-refractivity contribution in [1.29, 1.82) is 0 Å². The number of hydrogen-bond donors (Lipinski definition) is 1. The summed E-state index contributed by atoms with van der Waals surface area (Å²) >= 11 is 0. The molecule has 0 unspecified atom stereocenters. The third-order valence-electron chi connectivity index (χ3n) is 1.87. The summed E-state index contributed by atoms with van der Waals surface area (Å²) in [4.78, 5) is 27.2. The molecule has 0 saturated carbocycles. The van der Waals surface area contributed by atoms with Gasteiger partial charge in [0.25, 0.3) is 10.0 Å². The maximum atomic E-state index is 11.5. The number of rotatable bonds is 4. The topological polar surface area (TPSA) is 89.5 Å². The fourth-order valence-electron chi connectivity index (χ4n) is 1.03. The lowest BCUT2D eigenvalue weighted by Gasteiger charge is -2.05. The second-order valence-corrected chi connectivity index (χ2v) is 4.91. The number of carbonyl (C=O) groups excluding carboxylic acids is 2. The zero-order valence-corrected chi connectivity index (χ0v) is 10.1. The Morgan fingerprint density at radius 2 is 1.65 bits per heavy atom. The first-order valence-electron chi connectivity index (χ1n) is 4.63. The van der Waals surface area contributed by atoms with E-state index in [1.54, 1.807) is 4.89 Å². The first-order valence-corrected chi connectivity index (χ1v) is 6.11. The molecule has 6 nitrogen and oxygen atoms in total. The summed E-state index contributed by atoms with van der Waals surface area (Å²) in [5.41, 5.74) is 0.399. The quantitative estimate of drug-likeness (QED) is 0.631. The Morgan fingerprint density at radius 1 is 1.12 bits per heavy atom. The third-order valence-corrected chi connectivity index (χ3v) is 3.06. The van der Waals surface area contributed by atoms with Crippen LogP contribution in [-0.2, 0) is 19.7 Å². The Bertz CT molecular complexity index is 532. The highest BCUT2D eigenvalue weighted by atomic mass is 32.2. The van der Waals surface area contributed by atoms with Gasteiger partial charge in [0.1, 0.15) is 0 Å². The van der Waals surface area contributed by atoms with Crippen LogP contribution in [0.4, 0.5) is 0 Å². The second-order valence-electron chi connectivity index (χ2n) is 3.26. The highest BCUT2D eigenvalue weighted by molar-refractivity contribution is 7.89. The summed E-state index contributed by atoms with van der Waals surface area (Å²) in [7, 11) is -3.90. The molecular weight excluding hydrogens is 246 g/mol. The Morgan fingerprint density at radius 3 is 2.06 bits per heavy atom. The van der Waals surface area contributed by atoms with Gasteiger partial charge >= 0.3 is 5.97 Å². The second kappa shape index (κ2) is 5.07. The van der Waals surface area contributed by atoms with E-state index in [-0.39, 0.29) is 10.7 Å². The van der Waals surface area contributed by atoms with E-state index in [1.807, 2.05) is 0 Å². The van der Waals surface area contributed by atoms with Gasteiger partial charge in [0.05, 0.1) is 4.90 Å². The lowest BCUT2D eigenvalue weighted by molar-refractivity contribution is -0.144. The van der Waals surface area contributed by atoms with Crippen LogP contribution >= 0.6 is 0 Å². The predicted octanol–water partition coefficient (Wildman–Crippen LogP) is 0.646.